The predicted molar refractivity (Wildman–Crippen MR) is 62.8 cm³/mol. The van der Waals surface area contributed by atoms with Crippen LogP contribution in [0.25, 0.3) is 0 Å². The molecule has 0 spiro atoms. The van der Waals surface area contributed by atoms with Gasteiger partial charge in [-0.05, 0) is 37.1 Å². The number of carbonyl (C=O) groups is 1. The molecule has 0 aliphatic heterocycles. The number of halogens is 1. The molecular weight excluding hydrogens is 258 g/mol. The van der Waals surface area contributed by atoms with Crippen molar-refractivity contribution in [1.29, 1.82) is 0 Å². The zero-order valence-corrected chi connectivity index (χ0v) is 9.90. The maximum atomic E-state index is 11.0. The van der Waals surface area contributed by atoms with Crippen molar-refractivity contribution < 1.29 is 9.90 Å². The minimum Gasteiger partial charge on any atom is -0.481 e. The summed E-state index contributed by atoms with van der Waals surface area (Å²) in [6.45, 7) is 0.528. The van der Waals surface area contributed by atoms with Crippen molar-refractivity contribution in [2.45, 2.75) is 18.8 Å². The van der Waals surface area contributed by atoms with Gasteiger partial charge >= 0.3 is 5.97 Å². The van der Waals surface area contributed by atoms with E-state index < -0.39 is 11.9 Å². The minimum absolute atomic E-state index is 0.443. The van der Waals surface area contributed by atoms with Crippen LogP contribution in [0.3, 0.4) is 0 Å². The van der Waals surface area contributed by atoms with Crippen molar-refractivity contribution >= 4 is 21.9 Å². The summed E-state index contributed by atoms with van der Waals surface area (Å²) in [7, 11) is 0. The molecule has 0 unspecified atom stereocenters. The molecule has 0 aromatic heterocycles. The van der Waals surface area contributed by atoms with E-state index in [1.54, 1.807) is 0 Å². The maximum absolute atomic E-state index is 11.0. The highest BCUT2D eigenvalue weighted by atomic mass is 79.9. The number of carboxylic acids is 1. The van der Waals surface area contributed by atoms with Crippen molar-refractivity contribution in [2.24, 2.45) is 5.73 Å². The van der Waals surface area contributed by atoms with Crippen molar-refractivity contribution in [2.75, 3.05) is 6.54 Å². The second-order valence-electron chi connectivity index (χ2n) is 3.37. The molecule has 1 atom stereocenters. The fourth-order valence-electron chi connectivity index (χ4n) is 1.45. The zero-order valence-electron chi connectivity index (χ0n) is 8.32. The van der Waals surface area contributed by atoms with E-state index in [9.17, 15) is 4.79 Å². The molecular formula is C11H14BrNO2. The van der Waals surface area contributed by atoms with Gasteiger partial charge in [-0.3, -0.25) is 4.79 Å². The van der Waals surface area contributed by atoms with Crippen LogP contribution in [-0.2, 0) is 4.79 Å². The van der Waals surface area contributed by atoms with E-state index in [1.165, 1.54) is 0 Å². The summed E-state index contributed by atoms with van der Waals surface area (Å²) in [4.78, 5) is 11.0. The summed E-state index contributed by atoms with van der Waals surface area (Å²) in [6, 6.07) is 7.38. The SMILES string of the molecule is NCCC[C@H](C(=O)O)c1ccc(Br)cc1. The van der Waals surface area contributed by atoms with Gasteiger partial charge in [0.25, 0.3) is 0 Å². The summed E-state index contributed by atoms with van der Waals surface area (Å²) in [5, 5.41) is 9.07. The van der Waals surface area contributed by atoms with Crippen LogP contribution in [0.2, 0.25) is 0 Å². The van der Waals surface area contributed by atoms with Crippen LogP contribution in [-0.4, -0.2) is 17.6 Å². The molecule has 1 aromatic carbocycles. The third-order valence-electron chi connectivity index (χ3n) is 2.27. The van der Waals surface area contributed by atoms with E-state index in [0.717, 1.165) is 16.5 Å². The Balaban J connectivity index is 2.79. The zero-order chi connectivity index (χ0) is 11.3. The molecule has 0 aliphatic rings. The van der Waals surface area contributed by atoms with Gasteiger partial charge in [0, 0.05) is 4.47 Å². The number of rotatable bonds is 5. The van der Waals surface area contributed by atoms with Gasteiger partial charge in [-0.25, -0.2) is 0 Å². The van der Waals surface area contributed by atoms with Gasteiger partial charge in [0.2, 0.25) is 0 Å². The Morgan fingerprint density at radius 2 is 2.00 bits per heavy atom. The van der Waals surface area contributed by atoms with E-state index >= 15 is 0 Å². The lowest BCUT2D eigenvalue weighted by Gasteiger charge is -2.11. The van der Waals surface area contributed by atoms with E-state index in [2.05, 4.69) is 15.9 Å². The van der Waals surface area contributed by atoms with E-state index in [0.29, 0.717) is 13.0 Å². The molecule has 4 heteroatoms. The maximum Gasteiger partial charge on any atom is 0.310 e. The average Bonchev–Trinajstić information content (AvgIpc) is 2.21. The summed E-state index contributed by atoms with van der Waals surface area (Å²) in [5.74, 6) is -1.23. The van der Waals surface area contributed by atoms with E-state index in [1.807, 2.05) is 24.3 Å². The molecule has 3 N–H and O–H groups in total. The molecule has 1 rings (SSSR count). The number of nitrogens with two attached hydrogens (primary N) is 1. The van der Waals surface area contributed by atoms with Gasteiger partial charge in [0.1, 0.15) is 0 Å². The van der Waals surface area contributed by atoms with Gasteiger partial charge < -0.3 is 10.8 Å². The fraction of sp³-hybridized carbons (Fsp3) is 0.364. The van der Waals surface area contributed by atoms with Gasteiger partial charge in [-0.15, -0.1) is 0 Å². The Kier molecular flexibility index (Phi) is 4.78. The molecule has 82 valence electrons. The topological polar surface area (TPSA) is 63.3 Å². The van der Waals surface area contributed by atoms with Crippen LogP contribution in [0.1, 0.15) is 24.3 Å². The summed E-state index contributed by atoms with van der Waals surface area (Å²) < 4.78 is 0.953. The first kappa shape index (κ1) is 12.2. The van der Waals surface area contributed by atoms with E-state index in [4.69, 9.17) is 10.8 Å². The Bertz CT molecular complexity index is 324. The highest BCUT2D eigenvalue weighted by molar-refractivity contribution is 9.10. The number of aliphatic carboxylic acids is 1. The number of benzene rings is 1. The van der Waals surface area contributed by atoms with Gasteiger partial charge in [0.05, 0.1) is 5.92 Å². The molecule has 0 radical (unpaired) electrons. The van der Waals surface area contributed by atoms with Crippen LogP contribution in [0.5, 0.6) is 0 Å². The smallest absolute Gasteiger partial charge is 0.310 e. The first-order valence-corrected chi connectivity index (χ1v) is 5.62. The third kappa shape index (κ3) is 3.64. The first-order chi connectivity index (χ1) is 7.15. The molecule has 0 saturated heterocycles. The Labute approximate surface area is 97.4 Å². The van der Waals surface area contributed by atoms with Crippen LogP contribution < -0.4 is 5.73 Å². The molecule has 0 fully saturated rings. The van der Waals surface area contributed by atoms with Crippen molar-refractivity contribution in [1.82, 2.24) is 0 Å². The normalized spacial score (nSPS) is 12.4. The molecule has 0 heterocycles. The van der Waals surface area contributed by atoms with Crippen molar-refractivity contribution in [3.05, 3.63) is 34.3 Å². The number of carboxylic acid groups (broad SMARTS) is 1. The van der Waals surface area contributed by atoms with Crippen molar-refractivity contribution in [3.63, 3.8) is 0 Å². The van der Waals surface area contributed by atoms with E-state index in [-0.39, 0.29) is 0 Å². The molecule has 0 amide bonds. The van der Waals surface area contributed by atoms with Crippen LogP contribution in [0.15, 0.2) is 28.7 Å². The second kappa shape index (κ2) is 5.88. The third-order valence-corrected chi connectivity index (χ3v) is 2.80. The van der Waals surface area contributed by atoms with Crippen LogP contribution >= 0.6 is 15.9 Å². The first-order valence-electron chi connectivity index (χ1n) is 4.83. The minimum atomic E-state index is -0.786. The van der Waals surface area contributed by atoms with Gasteiger partial charge in [-0.2, -0.15) is 0 Å². The van der Waals surface area contributed by atoms with Gasteiger partial charge in [0.15, 0.2) is 0 Å². The summed E-state index contributed by atoms with van der Waals surface area (Å²) >= 11 is 3.32. The Morgan fingerprint density at radius 1 is 1.40 bits per heavy atom. The summed E-state index contributed by atoms with van der Waals surface area (Å²) in [5.41, 5.74) is 6.21. The highest BCUT2D eigenvalue weighted by Crippen LogP contribution is 2.23. The quantitative estimate of drug-likeness (QED) is 0.864. The lowest BCUT2D eigenvalue weighted by Crippen LogP contribution is -2.13. The standard InChI is InChI=1S/C11H14BrNO2/c12-9-5-3-8(4-6-9)10(11(14)15)2-1-7-13/h3-6,10H,1-2,7,13H2,(H,14,15)/t10-/m0/s1. The molecule has 0 aliphatic carbocycles. The molecule has 0 saturated carbocycles. The highest BCUT2D eigenvalue weighted by Gasteiger charge is 2.18. The lowest BCUT2D eigenvalue weighted by atomic mass is 9.94. The number of hydrogen-bond donors (Lipinski definition) is 2. The summed E-state index contributed by atoms with van der Waals surface area (Å²) in [6.07, 6.45) is 1.32. The predicted octanol–water partition coefficient (Wildman–Crippen LogP) is 2.36. The largest absolute Gasteiger partial charge is 0.481 e. The average molecular weight is 272 g/mol. The lowest BCUT2D eigenvalue weighted by molar-refractivity contribution is -0.139. The van der Waals surface area contributed by atoms with Crippen LogP contribution in [0.4, 0.5) is 0 Å². The van der Waals surface area contributed by atoms with Crippen molar-refractivity contribution in [3.8, 4) is 0 Å². The van der Waals surface area contributed by atoms with Crippen LogP contribution in [0, 0.1) is 0 Å². The Hall–Kier alpha value is -0.870. The second-order valence-corrected chi connectivity index (χ2v) is 4.29. The Morgan fingerprint density at radius 3 is 2.47 bits per heavy atom. The molecule has 3 nitrogen and oxygen atoms in total. The molecule has 1 aromatic rings. The fourth-order valence-corrected chi connectivity index (χ4v) is 1.71. The van der Waals surface area contributed by atoms with Gasteiger partial charge in [-0.1, -0.05) is 28.1 Å². The monoisotopic (exact) mass is 271 g/mol. The number of hydrogen-bond acceptors (Lipinski definition) is 2. The molecule has 15 heavy (non-hydrogen) atoms. The molecule has 0 bridgehead atoms.